The number of guanidine groups is 1. The van der Waals surface area contributed by atoms with Crippen LogP contribution in [-0.4, -0.2) is 56.8 Å². The Kier molecular flexibility index (Phi) is 7.88. The second-order valence-electron chi connectivity index (χ2n) is 6.29. The molecule has 2 rings (SSSR count). The highest BCUT2D eigenvalue weighted by Crippen LogP contribution is 2.31. The van der Waals surface area contributed by atoms with Crippen LogP contribution in [0.15, 0.2) is 34.2 Å². The van der Waals surface area contributed by atoms with Crippen LogP contribution in [0.2, 0.25) is 0 Å². The average molecular weight is 352 g/mol. The van der Waals surface area contributed by atoms with Crippen LogP contribution in [0.1, 0.15) is 18.4 Å². The number of aliphatic imine (C=N–C) groups is 1. The number of hydrogen-bond donors (Lipinski definition) is 3. The van der Waals surface area contributed by atoms with Gasteiger partial charge in [-0.05, 0) is 31.9 Å². The van der Waals surface area contributed by atoms with E-state index in [0.717, 1.165) is 44.3 Å². The van der Waals surface area contributed by atoms with Gasteiger partial charge in [-0.3, -0.25) is 4.99 Å². The van der Waals surface area contributed by atoms with Crippen molar-refractivity contribution in [2.45, 2.75) is 24.7 Å². The summed E-state index contributed by atoms with van der Waals surface area (Å²) in [7, 11) is 1.78. The molecule has 1 heterocycles. The maximum absolute atomic E-state index is 9.28. The molecule has 0 radical (unpaired) electrons. The van der Waals surface area contributed by atoms with Crippen molar-refractivity contribution in [1.29, 1.82) is 0 Å². The quantitative estimate of drug-likeness (QED) is 0.289. The van der Waals surface area contributed by atoms with Gasteiger partial charge < -0.3 is 20.5 Å². The molecule has 3 N–H and O–H groups in total. The van der Waals surface area contributed by atoms with Crippen LogP contribution >= 0.6 is 11.8 Å². The maximum Gasteiger partial charge on any atom is 0.191 e. The van der Waals surface area contributed by atoms with Crippen molar-refractivity contribution < 1.29 is 9.84 Å². The number of benzene rings is 1. The highest BCUT2D eigenvalue weighted by Gasteiger charge is 2.34. The minimum absolute atomic E-state index is 0.0308. The molecule has 0 saturated carbocycles. The van der Waals surface area contributed by atoms with Gasteiger partial charge in [0.15, 0.2) is 5.96 Å². The summed E-state index contributed by atoms with van der Waals surface area (Å²) in [6, 6.07) is 8.60. The molecule has 0 aliphatic carbocycles. The third-order valence-corrected chi connectivity index (χ3v) is 5.38. The first kappa shape index (κ1) is 19.1. The number of aryl methyl sites for hydroxylation is 1. The predicted molar refractivity (Wildman–Crippen MR) is 101 cm³/mol. The van der Waals surface area contributed by atoms with E-state index >= 15 is 0 Å². The SMILES string of the molecule is CN=C(NCCSc1ccc(C)cc1)NCC1(CCO)CCOC1. The zero-order chi connectivity index (χ0) is 17.3. The van der Waals surface area contributed by atoms with E-state index in [9.17, 15) is 5.11 Å². The zero-order valence-corrected chi connectivity index (χ0v) is 15.5. The van der Waals surface area contributed by atoms with Crippen molar-refractivity contribution in [3.63, 3.8) is 0 Å². The van der Waals surface area contributed by atoms with Crippen LogP contribution in [0.4, 0.5) is 0 Å². The molecule has 1 fully saturated rings. The van der Waals surface area contributed by atoms with Gasteiger partial charge >= 0.3 is 0 Å². The van der Waals surface area contributed by atoms with Gasteiger partial charge in [0, 0.05) is 49.4 Å². The Bertz CT molecular complexity index is 514. The van der Waals surface area contributed by atoms with Gasteiger partial charge in [-0.15, -0.1) is 11.8 Å². The van der Waals surface area contributed by atoms with E-state index in [2.05, 4.69) is 46.8 Å². The van der Waals surface area contributed by atoms with E-state index in [1.807, 2.05) is 11.8 Å². The molecule has 0 aromatic heterocycles. The first-order valence-electron chi connectivity index (χ1n) is 8.50. The molecule has 1 aromatic rings. The van der Waals surface area contributed by atoms with Gasteiger partial charge in [0.1, 0.15) is 0 Å². The monoisotopic (exact) mass is 351 g/mol. The highest BCUT2D eigenvalue weighted by molar-refractivity contribution is 7.99. The van der Waals surface area contributed by atoms with Crippen molar-refractivity contribution in [2.75, 3.05) is 45.7 Å². The van der Waals surface area contributed by atoms with Crippen molar-refractivity contribution in [3.05, 3.63) is 29.8 Å². The number of nitrogens with one attached hydrogen (secondary N) is 2. The number of thioether (sulfide) groups is 1. The van der Waals surface area contributed by atoms with Crippen molar-refractivity contribution in [1.82, 2.24) is 10.6 Å². The summed E-state index contributed by atoms with van der Waals surface area (Å²) in [6.07, 6.45) is 1.75. The third-order valence-electron chi connectivity index (χ3n) is 4.37. The lowest BCUT2D eigenvalue weighted by Gasteiger charge is -2.27. The third kappa shape index (κ3) is 6.00. The van der Waals surface area contributed by atoms with Gasteiger partial charge in [0.2, 0.25) is 0 Å². The Hall–Kier alpha value is -1.24. The fourth-order valence-corrected chi connectivity index (χ4v) is 3.54. The lowest BCUT2D eigenvalue weighted by atomic mass is 9.84. The second kappa shape index (κ2) is 9.91. The number of aliphatic hydroxyl groups excluding tert-OH is 1. The summed E-state index contributed by atoms with van der Waals surface area (Å²) in [4.78, 5) is 5.57. The Labute approximate surface area is 149 Å². The van der Waals surface area contributed by atoms with Crippen LogP contribution in [0.3, 0.4) is 0 Å². The summed E-state index contributed by atoms with van der Waals surface area (Å²) < 4.78 is 5.52. The minimum atomic E-state index is 0.0308. The minimum Gasteiger partial charge on any atom is -0.396 e. The molecule has 1 aromatic carbocycles. The number of nitrogens with zero attached hydrogens (tertiary/aromatic N) is 1. The molecule has 1 saturated heterocycles. The smallest absolute Gasteiger partial charge is 0.191 e. The molecule has 1 aliphatic rings. The Balaban J connectivity index is 1.69. The highest BCUT2D eigenvalue weighted by atomic mass is 32.2. The van der Waals surface area contributed by atoms with Gasteiger partial charge in [0.05, 0.1) is 6.61 Å². The van der Waals surface area contributed by atoms with Crippen LogP contribution in [0.5, 0.6) is 0 Å². The van der Waals surface area contributed by atoms with E-state index in [4.69, 9.17) is 4.74 Å². The van der Waals surface area contributed by atoms with E-state index in [0.29, 0.717) is 6.61 Å². The molecule has 0 spiro atoms. The average Bonchev–Trinajstić information content (AvgIpc) is 3.05. The van der Waals surface area contributed by atoms with Crippen LogP contribution in [0, 0.1) is 12.3 Å². The molecule has 1 atom stereocenters. The van der Waals surface area contributed by atoms with Crippen molar-refractivity contribution in [3.8, 4) is 0 Å². The van der Waals surface area contributed by atoms with Gasteiger partial charge in [-0.25, -0.2) is 0 Å². The molecular weight excluding hydrogens is 322 g/mol. The Morgan fingerprint density at radius 1 is 1.33 bits per heavy atom. The summed E-state index contributed by atoms with van der Waals surface area (Å²) in [6.45, 7) is 5.41. The van der Waals surface area contributed by atoms with Gasteiger partial charge in [0.25, 0.3) is 0 Å². The number of hydrogen-bond acceptors (Lipinski definition) is 4. The first-order valence-corrected chi connectivity index (χ1v) is 9.49. The number of ether oxygens (including phenoxy) is 1. The summed E-state index contributed by atoms with van der Waals surface area (Å²) in [5, 5.41) is 16.0. The molecule has 0 amide bonds. The summed E-state index contributed by atoms with van der Waals surface area (Å²) in [5.74, 6) is 1.79. The van der Waals surface area contributed by atoms with E-state index in [1.165, 1.54) is 10.5 Å². The molecular formula is C18H29N3O2S. The molecule has 24 heavy (non-hydrogen) atoms. The van der Waals surface area contributed by atoms with E-state index < -0.39 is 0 Å². The van der Waals surface area contributed by atoms with Crippen LogP contribution in [0.25, 0.3) is 0 Å². The summed E-state index contributed by atoms with van der Waals surface area (Å²) >= 11 is 1.83. The van der Waals surface area contributed by atoms with Crippen LogP contribution < -0.4 is 10.6 Å². The van der Waals surface area contributed by atoms with Crippen LogP contribution in [-0.2, 0) is 4.74 Å². The Morgan fingerprint density at radius 2 is 2.12 bits per heavy atom. The number of rotatable bonds is 8. The largest absolute Gasteiger partial charge is 0.396 e. The normalized spacial score (nSPS) is 21.0. The Morgan fingerprint density at radius 3 is 2.75 bits per heavy atom. The van der Waals surface area contributed by atoms with E-state index in [-0.39, 0.29) is 12.0 Å². The fraction of sp³-hybridized carbons (Fsp3) is 0.611. The van der Waals surface area contributed by atoms with E-state index in [1.54, 1.807) is 7.05 Å². The van der Waals surface area contributed by atoms with Crippen molar-refractivity contribution >= 4 is 17.7 Å². The van der Waals surface area contributed by atoms with Crippen molar-refractivity contribution in [2.24, 2.45) is 10.4 Å². The van der Waals surface area contributed by atoms with Gasteiger partial charge in [-0.1, -0.05) is 17.7 Å². The fourth-order valence-electron chi connectivity index (χ4n) is 2.78. The van der Waals surface area contributed by atoms with Gasteiger partial charge in [-0.2, -0.15) is 0 Å². The topological polar surface area (TPSA) is 65.9 Å². The molecule has 0 bridgehead atoms. The maximum atomic E-state index is 9.28. The summed E-state index contributed by atoms with van der Waals surface area (Å²) in [5.41, 5.74) is 1.32. The standard InChI is InChI=1S/C18H29N3O2S/c1-15-3-5-16(6-4-15)24-12-9-20-17(19-2)21-13-18(7-10-22)8-11-23-14-18/h3-6,22H,7-14H2,1-2H3,(H2,19,20,21). The molecule has 5 nitrogen and oxygen atoms in total. The second-order valence-corrected chi connectivity index (χ2v) is 7.46. The zero-order valence-electron chi connectivity index (χ0n) is 14.7. The lowest BCUT2D eigenvalue weighted by molar-refractivity contribution is 0.127. The number of aliphatic hydroxyl groups is 1. The first-order chi connectivity index (χ1) is 11.7. The molecule has 134 valence electrons. The molecule has 6 heteroatoms. The molecule has 1 unspecified atom stereocenters. The molecule has 1 aliphatic heterocycles. The predicted octanol–water partition coefficient (Wildman–Crippen LogP) is 2.04. The lowest BCUT2D eigenvalue weighted by Crippen LogP contribution is -2.45.